The van der Waals surface area contributed by atoms with Crippen molar-refractivity contribution >= 4 is 20.3 Å². The van der Waals surface area contributed by atoms with Gasteiger partial charge in [-0.2, -0.15) is 0 Å². The fourth-order valence-corrected chi connectivity index (χ4v) is 3.16. The summed E-state index contributed by atoms with van der Waals surface area (Å²) in [5.41, 5.74) is 0.798. The number of hydrogen-bond acceptors (Lipinski definition) is 5. The molecular weight excluding hydrogens is 391 g/mol. The fraction of sp³-hybridized carbons (Fsp3) is 0.364. The monoisotopic (exact) mass is 418 g/mol. The molecular formula is C22H27FO5Si. The zero-order valence-corrected chi connectivity index (χ0v) is 18.7. The van der Waals surface area contributed by atoms with Gasteiger partial charge < -0.3 is 13.9 Å². The molecule has 0 amide bonds. The first-order valence-corrected chi connectivity index (χ1v) is 12.2. The number of ether oxygens (including phenoxy) is 2. The molecule has 0 unspecified atom stereocenters. The molecule has 7 heteroatoms. The summed E-state index contributed by atoms with van der Waals surface area (Å²) in [7, 11) is -1.86. The van der Waals surface area contributed by atoms with Gasteiger partial charge in [-0.3, -0.25) is 4.79 Å². The minimum Gasteiger partial charge on any atom is -0.426 e. The summed E-state index contributed by atoms with van der Waals surface area (Å²) in [6, 6.07) is 10.2. The average molecular weight is 419 g/mol. The van der Waals surface area contributed by atoms with Crippen LogP contribution < -0.4 is 9.47 Å². The van der Waals surface area contributed by atoms with E-state index in [4.69, 9.17) is 13.9 Å². The second-order valence-electron chi connectivity index (χ2n) is 8.32. The molecule has 0 aliphatic heterocycles. The summed E-state index contributed by atoms with van der Waals surface area (Å²) in [6.45, 7) is 12.6. The van der Waals surface area contributed by atoms with Crippen molar-refractivity contribution in [3.63, 3.8) is 0 Å². The third-order valence-electron chi connectivity index (χ3n) is 4.95. The average Bonchev–Trinajstić information content (AvgIpc) is 2.61. The summed E-state index contributed by atoms with van der Waals surface area (Å²) >= 11 is 0. The lowest BCUT2D eigenvalue weighted by atomic mass is 10.2. The highest BCUT2D eigenvalue weighted by molar-refractivity contribution is 6.74. The first kappa shape index (κ1) is 22.8. The summed E-state index contributed by atoms with van der Waals surface area (Å²) in [5, 5.41) is 0.118. The SMILES string of the molecule is CC(=O)Oc1ccc(F)cc1C(=O)Oc1ccc(CO[Si](C)(C)C(C)(C)C)cc1. The smallest absolute Gasteiger partial charge is 0.347 e. The molecule has 0 spiro atoms. The van der Waals surface area contributed by atoms with E-state index in [1.54, 1.807) is 12.1 Å². The van der Waals surface area contributed by atoms with E-state index in [0.717, 1.165) is 17.7 Å². The number of carbonyl (C=O) groups excluding carboxylic acids is 2. The molecule has 2 aromatic carbocycles. The van der Waals surface area contributed by atoms with Crippen molar-refractivity contribution < 1.29 is 27.9 Å². The molecule has 0 saturated heterocycles. The molecule has 0 radical (unpaired) electrons. The zero-order valence-electron chi connectivity index (χ0n) is 17.7. The number of halogens is 1. The van der Waals surface area contributed by atoms with Crippen molar-refractivity contribution in [3.8, 4) is 11.5 Å². The van der Waals surface area contributed by atoms with Crippen molar-refractivity contribution in [2.75, 3.05) is 0 Å². The van der Waals surface area contributed by atoms with Gasteiger partial charge >= 0.3 is 11.9 Å². The van der Waals surface area contributed by atoms with E-state index < -0.39 is 26.1 Å². The van der Waals surface area contributed by atoms with Crippen LogP contribution in [-0.2, 0) is 15.8 Å². The van der Waals surface area contributed by atoms with E-state index in [1.807, 2.05) is 12.1 Å². The molecule has 0 atom stereocenters. The number of esters is 2. The van der Waals surface area contributed by atoms with Crippen LogP contribution in [0.2, 0.25) is 18.1 Å². The molecule has 0 saturated carbocycles. The maximum Gasteiger partial charge on any atom is 0.347 e. The second kappa shape index (κ2) is 8.88. The summed E-state index contributed by atoms with van der Waals surface area (Å²) in [4.78, 5) is 23.6. The standard InChI is InChI=1S/C22H27FO5Si/c1-15(24)27-20-12-9-17(23)13-19(20)21(25)28-18-10-7-16(8-11-18)14-26-29(5,6)22(2,3)4/h7-13H,14H2,1-6H3. The van der Waals surface area contributed by atoms with Gasteiger partial charge in [0.15, 0.2) is 8.32 Å². The Morgan fingerprint density at radius 2 is 1.62 bits per heavy atom. The summed E-state index contributed by atoms with van der Waals surface area (Å²) < 4.78 is 30.0. The third-order valence-corrected chi connectivity index (χ3v) is 9.43. The highest BCUT2D eigenvalue weighted by atomic mass is 28.4. The number of carbonyl (C=O) groups is 2. The van der Waals surface area contributed by atoms with Crippen molar-refractivity contribution in [3.05, 3.63) is 59.4 Å². The number of hydrogen-bond donors (Lipinski definition) is 0. The highest BCUT2D eigenvalue weighted by Gasteiger charge is 2.37. The molecule has 156 valence electrons. The Labute approximate surface area is 171 Å². The van der Waals surface area contributed by atoms with Crippen LogP contribution >= 0.6 is 0 Å². The maximum atomic E-state index is 13.5. The summed E-state index contributed by atoms with van der Waals surface area (Å²) in [5.74, 6) is -1.82. The van der Waals surface area contributed by atoms with E-state index >= 15 is 0 Å². The van der Waals surface area contributed by atoms with E-state index in [-0.39, 0.29) is 16.4 Å². The number of rotatable bonds is 6. The quantitative estimate of drug-likeness (QED) is 0.352. The predicted molar refractivity (Wildman–Crippen MR) is 111 cm³/mol. The van der Waals surface area contributed by atoms with Gasteiger partial charge in [-0.05, 0) is 54.0 Å². The van der Waals surface area contributed by atoms with Gasteiger partial charge in [-0.25, -0.2) is 9.18 Å². The topological polar surface area (TPSA) is 61.8 Å². The van der Waals surface area contributed by atoms with Crippen LogP contribution in [0.1, 0.15) is 43.6 Å². The molecule has 2 aromatic rings. The normalized spacial score (nSPS) is 11.8. The van der Waals surface area contributed by atoms with Crippen molar-refractivity contribution in [2.45, 2.75) is 52.4 Å². The Kier molecular flexibility index (Phi) is 6.97. The minimum atomic E-state index is -1.86. The Balaban J connectivity index is 2.08. The Morgan fingerprint density at radius 1 is 1.00 bits per heavy atom. The molecule has 0 N–H and O–H groups in total. The summed E-state index contributed by atoms with van der Waals surface area (Å²) in [6.07, 6.45) is 0. The van der Waals surface area contributed by atoms with E-state index in [2.05, 4.69) is 33.9 Å². The third kappa shape index (κ3) is 6.23. The molecule has 0 aliphatic carbocycles. The van der Waals surface area contributed by atoms with E-state index in [9.17, 15) is 14.0 Å². The van der Waals surface area contributed by atoms with Crippen molar-refractivity contribution in [1.82, 2.24) is 0 Å². The second-order valence-corrected chi connectivity index (χ2v) is 13.1. The van der Waals surface area contributed by atoms with Gasteiger partial charge in [-0.1, -0.05) is 32.9 Å². The van der Waals surface area contributed by atoms with Crippen LogP contribution in [0.15, 0.2) is 42.5 Å². The van der Waals surface area contributed by atoms with Gasteiger partial charge in [0.1, 0.15) is 22.9 Å². The first-order chi connectivity index (χ1) is 13.4. The molecule has 29 heavy (non-hydrogen) atoms. The first-order valence-electron chi connectivity index (χ1n) is 9.32. The van der Waals surface area contributed by atoms with E-state index in [1.165, 1.54) is 13.0 Å². The molecule has 5 nitrogen and oxygen atoms in total. The Bertz CT molecular complexity index is 885. The van der Waals surface area contributed by atoms with Crippen LogP contribution in [0.3, 0.4) is 0 Å². The Morgan fingerprint density at radius 3 is 2.17 bits per heavy atom. The van der Waals surface area contributed by atoms with Crippen molar-refractivity contribution in [1.29, 1.82) is 0 Å². The zero-order chi connectivity index (χ0) is 21.8. The molecule has 0 bridgehead atoms. The maximum absolute atomic E-state index is 13.5. The van der Waals surface area contributed by atoms with Gasteiger partial charge in [0.05, 0.1) is 6.61 Å². The van der Waals surface area contributed by atoms with Crippen LogP contribution in [0.5, 0.6) is 11.5 Å². The van der Waals surface area contributed by atoms with Crippen LogP contribution in [-0.4, -0.2) is 20.3 Å². The van der Waals surface area contributed by atoms with E-state index in [0.29, 0.717) is 12.4 Å². The lowest BCUT2D eigenvalue weighted by Gasteiger charge is -2.36. The number of benzene rings is 2. The van der Waals surface area contributed by atoms with Gasteiger partial charge in [0, 0.05) is 6.92 Å². The highest BCUT2D eigenvalue weighted by Crippen LogP contribution is 2.37. The van der Waals surface area contributed by atoms with Crippen LogP contribution in [0, 0.1) is 5.82 Å². The van der Waals surface area contributed by atoms with Crippen LogP contribution in [0.25, 0.3) is 0 Å². The lowest BCUT2D eigenvalue weighted by Crippen LogP contribution is -2.40. The molecule has 0 fully saturated rings. The lowest BCUT2D eigenvalue weighted by molar-refractivity contribution is -0.131. The van der Waals surface area contributed by atoms with Gasteiger partial charge in [0.2, 0.25) is 0 Å². The molecule has 0 aliphatic rings. The molecule has 2 rings (SSSR count). The minimum absolute atomic E-state index is 0.0525. The van der Waals surface area contributed by atoms with Crippen LogP contribution in [0.4, 0.5) is 4.39 Å². The Hall–Kier alpha value is -2.51. The predicted octanol–water partition coefficient (Wildman–Crippen LogP) is 5.49. The fourth-order valence-electron chi connectivity index (χ4n) is 2.20. The van der Waals surface area contributed by atoms with Gasteiger partial charge in [-0.15, -0.1) is 0 Å². The van der Waals surface area contributed by atoms with Crippen molar-refractivity contribution in [2.24, 2.45) is 0 Å². The molecule has 0 heterocycles. The van der Waals surface area contributed by atoms with Gasteiger partial charge in [0.25, 0.3) is 0 Å². The molecule has 0 aromatic heterocycles. The largest absolute Gasteiger partial charge is 0.426 e.